The van der Waals surface area contributed by atoms with E-state index in [1.807, 2.05) is 0 Å². The van der Waals surface area contributed by atoms with E-state index in [1.165, 1.54) is 72.5 Å². The number of alkyl halides is 6. The maximum atomic E-state index is 10.4. The van der Waals surface area contributed by atoms with Crippen LogP contribution in [0.4, 0.5) is 26.3 Å². The van der Waals surface area contributed by atoms with Crippen molar-refractivity contribution in [1.29, 1.82) is 0 Å². The van der Waals surface area contributed by atoms with Gasteiger partial charge in [0.2, 0.25) is 0 Å². The van der Waals surface area contributed by atoms with E-state index in [0.717, 1.165) is 0 Å². The Balaban J connectivity index is 0.000000204. The molecule has 6 aliphatic carbocycles. The van der Waals surface area contributed by atoms with Gasteiger partial charge >= 0.3 is 12.4 Å². The van der Waals surface area contributed by atoms with Crippen molar-refractivity contribution in [2.24, 2.45) is 0 Å². The number of hydrogen-bond donors (Lipinski definition) is 0. The van der Waals surface area contributed by atoms with Gasteiger partial charge in [0.05, 0.1) is 0 Å². The van der Waals surface area contributed by atoms with Crippen LogP contribution in [0.3, 0.4) is 0 Å². The molecule has 0 radical (unpaired) electrons. The summed E-state index contributed by atoms with van der Waals surface area (Å²) in [5, 5.41) is 0. The molecule has 0 aromatic heterocycles. The van der Waals surface area contributed by atoms with Gasteiger partial charge in [-0.25, -0.2) is 0 Å². The number of rotatable bonds is 6. The second-order valence-electron chi connectivity index (χ2n) is 16.2. The monoisotopic (exact) mass is 729 g/mol. The summed E-state index contributed by atoms with van der Waals surface area (Å²) in [6.07, 6.45) is 39.2. The van der Waals surface area contributed by atoms with Crippen LogP contribution in [-0.2, 0) is 0 Å². The number of hydrogen-bond acceptors (Lipinski definition) is 0. The predicted molar refractivity (Wildman–Crippen MR) is 199 cm³/mol. The van der Waals surface area contributed by atoms with E-state index in [0.29, 0.717) is 15.8 Å². The van der Waals surface area contributed by atoms with Crippen molar-refractivity contribution in [3.05, 3.63) is 0 Å². The van der Waals surface area contributed by atoms with Gasteiger partial charge in [-0.1, -0.05) is 131 Å². The minimum Gasteiger partial charge on any atom is -0.172 e. The van der Waals surface area contributed by atoms with Gasteiger partial charge < -0.3 is 0 Å². The third kappa shape index (κ3) is 18.3. The Hall–Kier alpha value is 0.440. The minimum atomic E-state index is -4.00. The molecule has 0 spiro atoms. The minimum absolute atomic E-state index is 0.188. The Kier molecular flexibility index (Phi) is 20.7. The first-order valence-electron chi connectivity index (χ1n) is 20.6. The van der Waals surface area contributed by atoms with Crippen LogP contribution in [0.5, 0.6) is 0 Å². The predicted octanol–water partition coefficient (Wildman–Crippen LogP) is 16.1. The summed E-state index contributed by atoms with van der Waals surface area (Å²) >= 11 is 0. The molecule has 6 fully saturated rings. The Bertz CT molecular complexity index is 617. The zero-order valence-corrected chi connectivity index (χ0v) is 32.6. The maximum absolute atomic E-state index is 10.4. The lowest BCUT2D eigenvalue weighted by Crippen LogP contribution is -2.28. The van der Waals surface area contributed by atoms with E-state index < -0.39 is 12.4 Å². The van der Waals surface area contributed by atoms with Crippen LogP contribution in [0.15, 0.2) is 0 Å². The van der Waals surface area contributed by atoms with Crippen LogP contribution in [0, 0.1) is 0 Å². The van der Waals surface area contributed by atoms with Gasteiger partial charge in [0.15, 0.2) is 0 Å². The summed E-state index contributed by atoms with van der Waals surface area (Å²) in [4.78, 5) is 0. The summed E-state index contributed by atoms with van der Waals surface area (Å²) in [6, 6.07) is 0. The average molecular weight is 729 g/mol. The van der Waals surface area contributed by atoms with Gasteiger partial charge in [-0.15, -0.1) is 0 Å². The summed E-state index contributed by atoms with van der Waals surface area (Å²) in [6.45, 7) is 0.375. The van der Waals surface area contributed by atoms with E-state index in [9.17, 15) is 26.3 Å². The first kappa shape index (κ1) is 42.8. The maximum Gasteiger partial charge on any atom is 0.386 e. The van der Waals surface area contributed by atoms with Crippen molar-refractivity contribution in [1.82, 2.24) is 0 Å². The van der Waals surface area contributed by atoms with E-state index in [4.69, 9.17) is 0 Å². The van der Waals surface area contributed by atoms with Gasteiger partial charge in [0.1, 0.15) is 0 Å². The molecule has 0 aromatic rings. The third-order valence-electron chi connectivity index (χ3n) is 12.0. The molecule has 0 aromatic carbocycles. The van der Waals surface area contributed by atoms with Crippen molar-refractivity contribution >= 4 is 15.8 Å². The number of halogens is 6. The van der Waals surface area contributed by atoms with Crippen LogP contribution >= 0.6 is 15.8 Å². The molecule has 0 aliphatic heterocycles. The van der Waals surface area contributed by atoms with E-state index in [2.05, 4.69) is 0 Å². The Morgan fingerprint density at radius 1 is 0.271 bits per heavy atom. The molecule has 0 saturated heterocycles. The topological polar surface area (TPSA) is 0 Å². The fourth-order valence-corrected chi connectivity index (χ4v) is 19.4. The van der Waals surface area contributed by atoms with Crippen LogP contribution in [0.2, 0.25) is 0 Å². The molecule has 0 nitrogen and oxygen atoms in total. The molecule has 284 valence electrons. The van der Waals surface area contributed by atoms with E-state index in [-0.39, 0.29) is 13.8 Å². The summed E-state index contributed by atoms with van der Waals surface area (Å²) in [5.41, 5.74) is 7.14. The summed E-state index contributed by atoms with van der Waals surface area (Å²) < 4.78 is 62.1. The largest absolute Gasteiger partial charge is 0.386 e. The standard InChI is InChI=1S/2C18H33P.2C2H3F3/c2*1-4-10-16(11-5-1)19(17-12-6-2-7-13-17)18-14-8-3-9-15-18;2*1-2(3,4)5/h2*16-18H,1-15H2;2*1H3. The first-order chi connectivity index (χ1) is 22.9. The quantitative estimate of drug-likeness (QED) is 0.189. The molecule has 48 heavy (non-hydrogen) atoms. The van der Waals surface area contributed by atoms with Crippen molar-refractivity contribution in [3.8, 4) is 0 Å². The van der Waals surface area contributed by atoms with E-state index in [1.54, 1.807) is 154 Å². The molecular formula is C40H72F6P2. The molecule has 0 amide bonds. The van der Waals surface area contributed by atoms with Crippen molar-refractivity contribution in [2.75, 3.05) is 0 Å². The van der Waals surface area contributed by atoms with Crippen LogP contribution < -0.4 is 0 Å². The van der Waals surface area contributed by atoms with E-state index >= 15 is 0 Å². The molecule has 0 bridgehead atoms. The zero-order valence-electron chi connectivity index (χ0n) is 30.8. The second-order valence-corrected chi connectivity index (χ2v) is 22.4. The molecule has 0 heterocycles. The van der Waals surface area contributed by atoms with Crippen molar-refractivity contribution < 1.29 is 26.3 Å². The van der Waals surface area contributed by atoms with Crippen LogP contribution in [-0.4, -0.2) is 46.3 Å². The molecular weight excluding hydrogens is 656 g/mol. The Labute approximate surface area is 294 Å². The fourth-order valence-electron chi connectivity index (χ4n) is 10.1. The SMILES string of the molecule is C1CCC(P(C2CCCCC2)C2CCCCC2)CC1.C1CCC(P(C2CCCCC2)C2CCCCC2)CC1.CC(F)(F)F.CC(F)(F)F. The Morgan fingerprint density at radius 3 is 0.479 bits per heavy atom. The highest BCUT2D eigenvalue weighted by atomic mass is 31.1. The molecule has 6 rings (SSSR count). The van der Waals surface area contributed by atoms with Crippen LogP contribution in [0.25, 0.3) is 0 Å². The molecule has 8 heteroatoms. The normalized spacial score (nSPS) is 25.4. The summed E-state index contributed by atoms with van der Waals surface area (Å²) in [7, 11) is 0.770. The molecule has 0 N–H and O–H groups in total. The smallest absolute Gasteiger partial charge is 0.172 e. The highest BCUT2D eigenvalue weighted by Gasteiger charge is 2.38. The van der Waals surface area contributed by atoms with Crippen molar-refractivity contribution in [3.63, 3.8) is 0 Å². The van der Waals surface area contributed by atoms with Gasteiger partial charge in [0.25, 0.3) is 0 Å². The highest BCUT2D eigenvalue weighted by molar-refractivity contribution is 7.60. The lowest BCUT2D eigenvalue weighted by molar-refractivity contribution is -0.111. The van der Waals surface area contributed by atoms with Gasteiger partial charge in [0, 0.05) is 13.8 Å². The lowest BCUT2D eigenvalue weighted by Gasteiger charge is -2.44. The third-order valence-corrected chi connectivity index (χ3v) is 20.1. The average Bonchev–Trinajstić information content (AvgIpc) is 3.07. The zero-order chi connectivity index (χ0) is 34.8. The molecule has 6 saturated carbocycles. The first-order valence-corrected chi connectivity index (χ1v) is 23.7. The lowest BCUT2D eigenvalue weighted by atomic mass is 9.99. The van der Waals surface area contributed by atoms with Crippen LogP contribution in [0.1, 0.15) is 206 Å². The van der Waals surface area contributed by atoms with Crippen molar-refractivity contribution in [2.45, 2.75) is 253 Å². The molecule has 0 unspecified atom stereocenters. The summed E-state index contributed by atoms with van der Waals surface area (Å²) in [5.74, 6) is 0. The molecule has 6 aliphatic rings. The van der Waals surface area contributed by atoms with Gasteiger partial charge in [-0.3, -0.25) is 0 Å². The second kappa shape index (κ2) is 23.2. The molecule has 0 atom stereocenters. The highest BCUT2D eigenvalue weighted by Crippen LogP contribution is 2.63. The van der Waals surface area contributed by atoms with Gasteiger partial charge in [-0.2, -0.15) is 26.3 Å². The van der Waals surface area contributed by atoms with Gasteiger partial charge in [-0.05, 0) is 111 Å². The fraction of sp³-hybridized carbons (Fsp3) is 1.00. The Morgan fingerprint density at radius 2 is 0.375 bits per heavy atom.